The smallest absolute Gasteiger partial charge is 0.0552 e. The standard InChI is InChI=1S/C16H19BrN2/c1-11-6-4-5-7-15(11)19(3)16-9-8-13(12(2)18)10-14(16)17/h4-10,12H,18H2,1-3H3/t12-/m1/s1. The summed E-state index contributed by atoms with van der Waals surface area (Å²) in [7, 11) is 2.08. The highest BCUT2D eigenvalue weighted by Crippen LogP contribution is 2.33. The van der Waals surface area contributed by atoms with Crippen molar-refractivity contribution in [3.8, 4) is 0 Å². The van der Waals surface area contributed by atoms with Gasteiger partial charge in [-0.2, -0.15) is 0 Å². The largest absolute Gasteiger partial charge is 0.343 e. The van der Waals surface area contributed by atoms with E-state index in [1.54, 1.807) is 0 Å². The summed E-state index contributed by atoms with van der Waals surface area (Å²) in [5.41, 5.74) is 10.6. The van der Waals surface area contributed by atoms with E-state index >= 15 is 0 Å². The number of nitrogens with two attached hydrogens (primary N) is 1. The third kappa shape index (κ3) is 2.99. The zero-order chi connectivity index (χ0) is 14.0. The molecule has 100 valence electrons. The first-order chi connectivity index (χ1) is 9.00. The van der Waals surface area contributed by atoms with Crippen molar-refractivity contribution in [2.24, 2.45) is 5.73 Å². The van der Waals surface area contributed by atoms with E-state index < -0.39 is 0 Å². The van der Waals surface area contributed by atoms with E-state index in [0.717, 1.165) is 15.7 Å². The molecular weight excluding hydrogens is 300 g/mol. The minimum Gasteiger partial charge on any atom is -0.343 e. The summed E-state index contributed by atoms with van der Waals surface area (Å²) in [4.78, 5) is 2.18. The first kappa shape index (κ1) is 14.1. The molecule has 0 saturated carbocycles. The molecule has 2 aromatic carbocycles. The molecule has 0 unspecified atom stereocenters. The molecule has 3 heteroatoms. The van der Waals surface area contributed by atoms with E-state index in [-0.39, 0.29) is 6.04 Å². The van der Waals surface area contributed by atoms with Crippen LogP contribution in [-0.4, -0.2) is 7.05 Å². The molecule has 2 aromatic rings. The fourth-order valence-corrected chi connectivity index (χ4v) is 2.81. The number of rotatable bonds is 3. The summed E-state index contributed by atoms with van der Waals surface area (Å²) in [6.07, 6.45) is 0. The molecule has 0 aromatic heterocycles. The second kappa shape index (κ2) is 5.76. The summed E-state index contributed by atoms with van der Waals surface area (Å²) >= 11 is 3.64. The predicted molar refractivity (Wildman–Crippen MR) is 86.0 cm³/mol. The normalized spacial score (nSPS) is 12.3. The molecule has 0 fully saturated rings. The lowest BCUT2D eigenvalue weighted by molar-refractivity contribution is 0.817. The van der Waals surface area contributed by atoms with Gasteiger partial charge < -0.3 is 10.6 Å². The molecule has 19 heavy (non-hydrogen) atoms. The summed E-state index contributed by atoms with van der Waals surface area (Å²) < 4.78 is 1.06. The highest BCUT2D eigenvalue weighted by atomic mass is 79.9. The van der Waals surface area contributed by atoms with E-state index in [2.05, 4.69) is 77.3 Å². The van der Waals surface area contributed by atoms with Gasteiger partial charge in [0.15, 0.2) is 0 Å². The van der Waals surface area contributed by atoms with Gasteiger partial charge in [0.05, 0.1) is 5.69 Å². The van der Waals surface area contributed by atoms with Crippen molar-refractivity contribution in [1.29, 1.82) is 0 Å². The van der Waals surface area contributed by atoms with E-state index in [4.69, 9.17) is 5.73 Å². The third-order valence-corrected chi connectivity index (χ3v) is 3.97. The third-order valence-electron chi connectivity index (χ3n) is 3.34. The lowest BCUT2D eigenvalue weighted by Gasteiger charge is -2.23. The van der Waals surface area contributed by atoms with Crippen LogP contribution in [0.4, 0.5) is 11.4 Å². The highest BCUT2D eigenvalue weighted by Gasteiger charge is 2.11. The summed E-state index contributed by atoms with van der Waals surface area (Å²) in [6, 6.07) is 14.7. The Bertz CT molecular complexity index is 579. The van der Waals surface area contributed by atoms with Crippen LogP contribution in [0, 0.1) is 6.92 Å². The number of benzene rings is 2. The molecule has 2 N–H and O–H groups in total. The van der Waals surface area contributed by atoms with Crippen molar-refractivity contribution in [2.75, 3.05) is 11.9 Å². The second-order valence-corrected chi connectivity index (χ2v) is 5.70. The molecule has 0 saturated heterocycles. The topological polar surface area (TPSA) is 29.3 Å². The Morgan fingerprint density at radius 3 is 2.37 bits per heavy atom. The predicted octanol–water partition coefficient (Wildman–Crippen LogP) is 4.55. The van der Waals surface area contributed by atoms with E-state index in [9.17, 15) is 0 Å². The Morgan fingerprint density at radius 1 is 1.11 bits per heavy atom. The van der Waals surface area contributed by atoms with Crippen LogP contribution >= 0.6 is 15.9 Å². The lowest BCUT2D eigenvalue weighted by Crippen LogP contribution is -2.12. The number of nitrogens with zero attached hydrogens (tertiary/aromatic N) is 1. The molecule has 0 radical (unpaired) electrons. The highest BCUT2D eigenvalue weighted by molar-refractivity contribution is 9.10. The average Bonchev–Trinajstić information content (AvgIpc) is 2.38. The van der Waals surface area contributed by atoms with Gasteiger partial charge in [-0.25, -0.2) is 0 Å². The molecule has 0 spiro atoms. The average molecular weight is 319 g/mol. The number of para-hydroxylation sites is 1. The van der Waals surface area contributed by atoms with Gasteiger partial charge in [-0.3, -0.25) is 0 Å². The van der Waals surface area contributed by atoms with Crippen LogP contribution < -0.4 is 10.6 Å². The van der Waals surface area contributed by atoms with E-state index in [1.165, 1.54) is 11.3 Å². The van der Waals surface area contributed by atoms with Crippen LogP contribution in [0.25, 0.3) is 0 Å². The maximum Gasteiger partial charge on any atom is 0.0552 e. The Labute approximate surface area is 123 Å². The van der Waals surface area contributed by atoms with Gasteiger partial charge in [-0.1, -0.05) is 24.3 Å². The number of hydrogen-bond acceptors (Lipinski definition) is 2. The monoisotopic (exact) mass is 318 g/mol. The van der Waals surface area contributed by atoms with Crippen LogP contribution in [-0.2, 0) is 0 Å². The Balaban J connectivity index is 2.40. The Kier molecular flexibility index (Phi) is 4.27. The minimum atomic E-state index is 0.0501. The van der Waals surface area contributed by atoms with Gasteiger partial charge in [0.1, 0.15) is 0 Å². The van der Waals surface area contributed by atoms with Crippen LogP contribution in [0.15, 0.2) is 46.9 Å². The Morgan fingerprint density at radius 2 is 1.79 bits per heavy atom. The summed E-state index contributed by atoms with van der Waals surface area (Å²) in [5, 5.41) is 0. The summed E-state index contributed by atoms with van der Waals surface area (Å²) in [6.45, 7) is 4.11. The SMILES string of the molecule is Cc1ccccc1N(C)c1ccc([C@@H](C)N)cc1Br. The van der Waals surface area contributed by atoms with Crippen molar-refractivity contribution in [3.05, 3.63) is 58.1 Å². The molecule has 2 rings (SSSR count). The molecular formula is C16H19BrN2. The number of anilines is 2. The molecule has 0 amide bonds. The van der Waals surface area contributed by atoms with Gasteiger partial charge >= 0.3 is 0 Å². The summed E-state index contributed by atoms with van der Waals surface area (Å²) in [5.74, 6) is 0. The molecule has 0 heterocycles. The van der Waals surface area contributed by atoms with Gasteiger partial charge in [-0.15, -0.1) is 0 Å². The quantitative estimate of drug-likeness (QED) is 0.899. The van der Waals surface area contributed by atoms with Crippen LogP contribution in [0.1, 0.15) is 24.1 Å². The lowest BCUT2D eigenvalue weighted by atomic mass is 10.1. The van der Waals surface area contributed by atoms with Crippen molar-refractivity contribution in [1.82, 2.24) is 0 Å². The molecule has 0 bridgehead atoms. The van der Waals surface area contributed by atoms with E-state index in [1.807, 2.05) is 6.92 Å². The van der Waals surface area contributed by atoms with E-state index in [0.29, 0.717) is 0 Å². The van der Waals surface area contributed by atoms with Crippen LogP contribution in [0.2, 0.25) is 0 Å². The first-order valence-corrected chi connectivity index (χ1v) is 7.14. The van der Waals surface area contributed by atoms with Crippen molar-refractivity contribution in [3.63, 3.8) is 0 Å². The number of aryl methyl sites for hydroxylation is 1. The zero-order valence-electron chi connectivity index (χ0n) is 11.5. The maximum atomic E-state index is 5.91. The molecule has 0 aliphatic carbocycles. The molecule has 0 aliphatic rings. The molecule has 0 aliphatic heterocycles. The van der Waals surface area contributed by atoms with Gasteiger partial charge in [0.2, 0.25) is 0 Å². The molecule has 2 nitrogen and oxygen atoms in total. The zero-order valence-corrected chi connectivity index (χ0v) is 13.1. The van der Waals surface area contributed by atoms with Crippen molar-refractivity contribution < 1.29 is 0 Å². The maximum absolute atomic E-state index is 5.91. The number of halogens is 1. The van der Waals surface area contributed by atoms with Crippen molar-refractivity contribution in [2.45, 2.75) is 19.9 Å². The molecule has 1 atom stereocenters. The minimum absolute atomic E-state index is 0.0501. The Hall–Kier alpha value is -1.32. The van der Waals surface area contributed by atoms with Gasteiger partial charge in [-0.05, 0) is 59.1 Å². The fourth-order valence-electron chi connectivity index (χ4n) is 2.15. The van der Waals surface area contributed by atoms with Crippen LogP contribution in [0.5, 0.6) is 0 Å². The fraction of sp³-hybridized carbons (Fsp3) is 0.250. The van der Waals surface area contributed by atoms with Crippen molar-refractivity contribution >= 4 is 27.3 Å². The van der Waals surface area contributed by atoms with Crippen LogP contribution in [0.3, 0.4) is 0 Å². The van der Waals surface area contributed by atoms with Gasteiger partial charge in [0, 0.05) is 23.2 Å². The first-order valence-electron chi connectivity index (χ1n) is 6.35. The second-order valence-electron chi connectivity index (χ2n) is 4.85. The number of hydrogen-bond donors (Lipinski definition) is 1. The van der Waals surface area contributed by atoms with Gasteiger partial charge in [0.25, 0.3) is 0 Å².